The maximum atomic E-state index is 11.8. The van der Waals surface area contributed by atoms with Crippen LogP contribution in [-0.2, 0) is 0 Å². The van der Waals surface area contributed by atoms with Gasteiger partial charge in [0.2, 0.25) is 11.4 Å². The number of Topliss-reactive ketones (excluding diaryl/α,β-unsaturated/α-hetero) is 1. The van der Waals surface area contributed by atoms with Gasteiger partial charge in [-0.2, -0.15) is 10.2 Å². The first-order chi connectivity index (χ1) is 10.4. The number of carbonyl (C=O) groups excluding carboxylic acids is 1. The zero-order valence-corrected chi connectivity index (χ0v) is 13.1. The monoisotopic (exact) mass is 319 g/mol. The van der Waals surface area contributed by atoms with Gasteiger partial charge in [0.25, 0.3) is 5.88 Å². The number of ether oxygens (including phenoxy) is 2. The van der Waals surface area contributed by atoms with E-state index in [0.717, 1.165) is 0 Å². The van der Waals surface area contributed by atoms with Crippen molar-refractivity contribution >= 4 is 17.4 Å². The van der Waals surface area contributed by atoms with Crippen molar-refractivity contribution in [2.24, 2.45) is 5.92 Å². The Morgan fingerprint density at radius 2 is 2.23 bits per heavy atom. The molecule has 0 aliphatic heterocycles. The topological polar surface area (TPSA) is 85.1 Å². The van der Waals surface area contributed by atoms with Gasteiger partial charge in [-0.05, 0) is 12.2 Å². The molecule has 114 valence electrons. The average molecular weight is 320 g/mol. The highest BCUT2D eigenvalue weighted by Crippen LogP contribution is 2.37. The maximum absolute atomic E-state index is 11.8. The number of carbonyl (C=O) groups is 1. The fraction of sp³-hybridized carbons (Fsp3) is 0.333. The lowest BCUT2D eigenvalue weighted by molar-refractivity contribution is 0.0980. The minimum atomic E-state index is -1.37. The molecule has 1 aromatic rings. The predicted octanol–water partition coefficient (Wildman–Crippen LogP) is 2.66. The van der Waals surface area contributed by atoms with Gasteiger partial charge < -0.3 is 9.47 Å². The molecule has 0 saturated heterocycles. The summed E-state index contributed by atoms with van der Waals surface area (Å²) in [5.41, 5.74) is -1.32. The molecule has 0 bridgehead atoms. The van der Waals surface area contributed by atoms with Crippen LogP contribution in [0.5, 0.6) is 11.6 Å². The fourth-order valence-corrected chi connectivity index (χ4v) is 2.29. The zero-order valence-electron chi connectivity index (χ0n) is 12.3. The first kappa shape index (κ1) is 16.0. The van der Waals surface area contributed by atoms with E-state index in [1.54, 1.807) is 12.2 Å². The highest BCUT2D eigenvalue weighted by atomic mass is 35.5. The van der Waals surface area contributed by atoms with Gasteiger partial charge in [0.1, 0.15) is 12.4 Å². The lowest BCUT2D eigenvalue weighted by Gasteiger charge is -2.31. The summed E-state index contributed by atoms with van der Waals surface area (Å²) in [5.74, 6) is -0.495. The van der Waals surface area contributed by atoms with Crippen molar-refractivity contribution < 1.29 is 14.3 Å². The predicted molar refractivity (Wildman–Crippen MR) is 79.8 cm³/mol. The molecule has 6 nitrogen and oxygen atoms in total. The molecule has 0 spiro atoms. The van der Waals surface area contributed by atoms with E-state index < -0.39 is 5.60 Å². The minimum Gasteiger partial charge on any atom is -0.478 e. The molecular formula is C15H14ClN3O3. The van der Waals surface area contributed by atoms with Gasteiger partial charge in [-0.15, -0.1) is 0 Å². The van der Waals surface area contributed by atoms with Crippen LogP contribution in [0.3, 0.4) is 0 Å². The first-order valence-electron chi connectivity index (χ1n) is 6.50. The van der Waals surface area contributed by atoms with Gasteiger partial charge in [-0.1, -0.05) is 24.6 Å². The molecule has 1 heterocycles. The lowest BCUT2D eigenvalue weighted by Crippen LogP contribution is -2.40. The standard InChI is InChI=1S/C15H14ClN3O3/c1-9-4-5-11(16)6-15(9,7-17)22-13-12(10(2)20)18-8-19-14(13)21-3/h4-6,8-9H,1-3H3. The Morgan fingerprint density at radius 1 is 1.50 bits per heavy atom. The largest absolute Gasteiger partial charge is 0.478 e. The molecule has 0 N–H and O–H groups in total. The molecule has 0 saturated carbocycles. The van der Waals surface area contributed by atoms with Gasteiger partial charge in [0, 0.05) is 17.9 Å². The summed E-state index contributed by atoms with van der Waals surface area (Å²) in [7, 11) is 1.39. The molecular weight excluding hydrogens is 306 g/mol. The Hall–Kier alpha value is -2.39. The fourth-order valence-electron chi connectivity index (χ4n) is 2.06. The molecule has 1 aliphatic carbocycles. The van der Waals surface area contributed by atoms with Crippen LogP contribution >= 0.6 is 11.6 Å². The second-order valence-corrected chi connectivity index (χ2v) is 5.24. The van der Waals surface area contributed by atoms with E-state index in [9.17, 15) is 10.1 Å². The van der Waals surface area contributed by atoms with E-state index >= 15 is 0 Å². The number of nitrogens with zero attached hydrogens (tertiary/aromatic N) is 3. The van der Waals surface area contributed by atoms with Gasteiger partial charge in [-0.3, -0.25) is 4.79 Å². The van der Waals surface area contributed by atoms with Crippen molar-refractivity contribution in [3.8, 4) is 17.7 Å². The average Bonchev–Trinajstić information content (AvgIpc) is 2.50. The summed E-state index contributed by atoms with van der Waals surface area (Å²) in [6.45, 7) is 3.16. The highest BCUT2D eigenvalue weighted by Gasteiger charge is 2.40. The lowest BCUT2D eigenvalue weighted by atomic mass is 9.86. The van der Waals surface area contributed by atoms with E-state index in [2.05, 4.69) is 16.0 Å². The number of nitriles is 1. The van der Waals surface area contributed by atoms with Crippen molar-refractivity contribution in [3.63, 3.8) is 0 Å². The second kappa shape index (κ2) is 6.16. The van der Waals surface area contributed by atoms with Crippen LogP contribution in [0.25, 0.3) is 0 Å². The number of hydrogen-bond acceptors (Lipinski definition) is 6. The van der Waals surface area contributed by atoms with E-state index in [1.807, 2.05) is 6.92 Å². The molecule has 2 atom stereocenters. The second-order valence-electron chi connectivity index (χ2n) is 4.80. The Labute approximate surface area is 133 Å². The SMILES string of the molecule is COc1ncnc(C(C)=O)c1OC1(C#N)C=C(Cl)C=CC1C. The molecule has 1 aliphatic rings. The summed E-state index contributed by atoms with van der Waals surface area (Å²) >= 11 is 6.00. The number of methoxy groups -OCH3 is 1. The number of ketones is 1. The van der Waals surface area contributed by atoms with Gasteiger partial charge >= 0.3 is 0 Å². The summed E-state index contributed by atoms with van der Waals surface area (Å²) < 4.78 is 11.0. The van der Waals surface area contributed by atoms with Gasteiger partial charge in [0.05, 0.1) is 7.11 Å². The third kappa shape index (κ3) is 2.81. The van der Waals surface area contributed by atoms with E-state index in [0.29, 0.717) is 5.03 Å². The number of allylic oxidation sites excluding steroid dienone is 2. The smallest absolute Gasteiger partial charge is 0.260 e. The molecule has 7 heteroatoms. The minimum absolute atomic E-state index is 0.0296. The third-order valence-electron chi connectivity index (χ3n) is 3.32. The van der Waals surface area contributed by atoms with E-state index in [4.69, 9.17) is 21.1 Å². The molecule has 2 unspecified atom stereocenters. The Balaban J connectivity index is 2.56. The Bertz CT molecular complexity index is 708. The molecule has 0 aromatic carbocycles. The quantitative estimate of drug-likeness (QED) is 0.793. The van der Waals surface area contributed by atoms with Crippen LogP contribution < -0.4 is 9.47 Å². The van der Waals surface area contributed by atoms with Crippen molar-refractivity contribution in [3.05, 3.63) is 35.3 Å². The molecule has 0 fully saturated rings. The van der Waals surface area contributed by atoms with Crippen LogP contribution in [0.2, 0.25) is 0 Å². The Kier molecular flexibility index (Phi) is 4.48. The molecule has 0 amide bonds. The summed E-state index contributed by atoms with van der Waals surface area (Å²) in [6.07, 6.45) is 6.15. The normalized spacial score (nSPS) is 23.4. The van der Waals surface area contributed by atoms with Crippen molar-refractivity contribution in [2.45, 2.75) is 19.4 Å². The molecule has 2 rings (SSSR count). The molecule has 0 radical (unpaired) electrons. The molecule has 1 aromatic heterocycles. The molecule has 22 heavy (non-hydrogen) atoms. The van der Waals surface area contributed by atoms with Crippen LogP contribution in [0.15, 0.2) is 29.6 Å². The van der Waals surface area contributed by atoms with Gasteiger partial charge in [0.15, 0.2) is 11.5 Å². The van der Waals surface area contributed by atoms with E-state index in [-0.39, 0.29) is 29.0 Å². The zero-order chi connectivity index (χ0) is 16.3. The Morgan fingerprint density at radius 3 is 2.82 bits per heavy atom. The number of halogens is 1. The summed E-state index contributed by atoms with van der Waals surface area (Å²) in [4.78, 5) is 19.6. The highest BCUT2D eigenvalue weighted by molar-refractivity contribution is 6.31. The number of hydrogen-bond donors (Lipinski definition) is 0. The summed E-state index contributed by atoms with van der Waals surface area (Å²) in [5, 5.41) is 9.98. The van der Waals surface area contributed by atoms with Crippen LogP contribution in [0, 0.1) is 17.2 Å². The first-order valence-corrected chi connectivity index (χ1v) is 6.88. The third-order valence-corrected chi connectivity index (χ3v) is 3.55. The van der Waals surface area contributed by atoms with Crippen LogP contribution in [0.4, 0.5) is 0 Å². The summed E-state index contributed by atoms with van der Waals surface area (Å²) in [6, 6.07) is 2.11. The van der Waals surface area contributed by atoms with Crippen molar-refractivity contribution in [2.75, 3.05) is 7.11 Å². The van der Waals surface area contributed by atoms with Crippen LogP contribution in [-0.4, -0.2) is 28.5 Å². The van der Waals surface area contributed by atoms with Gasteiger partial charge in [-0.25, -0.2) is 4.98 Å². The number of aromatic nitrogens is 2. The van der Waals surface area contributed by atoms with Crippen molar-refractivity contribution in [1.29, 1.82) is 5.26 Å². The van der Waals surface area contributed by atoms with Crippen LogP contribution in [0.1, 0.15) is 24.3 Å². The van der Waals surface area contributed by atoms with Crippen molar-refractivity contribution in [1.82, 2.24) is 9.97 Å². The number of rotatable bonds is 4. The van der Waals surface area contributed by atoms with E-state index in [1.165, 1.54) is 26.4 Å². The maximum Gasteiger partial charge on any atom is 0.260 e.